The number of hydrogen-bond acceptors (Lipinski definition) is 6. The zero-order chi connectivity index (χ0) is 23.5. The minimum absolute atomic E-state index is 0. The third-order valence-electron chi connectivity index (χ3n) is 5.80. The quantitative estimate of drug-likeness (QED) is 0.382. The van der Waals surface area contributed by atoms with E-state index in [1.54, 1.807) is 18.3 Å². The highest BCUT2D eigenvalue weighted by atomic mass is 35.5. The van der Waals surface area contributed by atoms with Gasteiger partial charge >= 0.3 is 12.1 Å². The Labute approximate surface area is 204 Å². The van der Waals surface area contributed by atoms with Gasteiger partial charge in [-0.15, -0.1) is 23.7 Å². The van der Waals surface area contributed by atoms with E-state index in [4.69, 9.17) is 4.74 Å². The van der Waals surface area contributed by atoms with E-state index in [-0.39, 0.29) is 30.7 Å². The van der Waals surface area contributed by atoms with Crippen molar-refractivity contribution in [2.75, 3.05) is 5.32 Å². The van der Waals surface area contributed by atoms with Crippen molar-refractivity contribution in [1.82, 2.24) is 9.97 Å². The van der Waals surface area contributed by atoms with Gasteiger partial charge in [-0.1, -0.05) is 12.1 Å². The summed E-state index contributed by atoms with van der Waals surface area (Å²) in [5, 5.41) is 15.6. The molecule has 0 atom stereocenters. The largest absolute Gasteiger partial charge is 0.490 e. The second-order valence-electron chi connectivity index (χ2n) is 8.08. The molecule has 182 valence electrons. The third-order valence-corrected chi connectivity index (χ3v) is 6.49. The molecule has 6 nitrogen and oxygen atoms in total. The lowest BCUT2D eigenvalue weighted by Gasteiger charge is -2.36. The monoisotopic (exact) mass is 513 g/mol. The summed E-state index contributed by atoms with van der Waals surface area (Å²) < 4.78 is 44.6. The number of nitrogens with zero attached hydrogens (tertiary/aromatic N) is 2. The Bertz CT molecular complexity index is 1100. The summed E-state index contributed by atoms with van der Waals surface area (Å²) >= 11 is 1.43. The predicted molar refractivity (Wildman–Crippen MR) is 125 cm³/mol. The number of carboxylic acids is 1. The van der Waals surface area contributed by atoms with Crippen LogP contribution in [-0.2, 0) is 17.4 Å². The number of alkyl halides is 3. The number of thiazole rings is 1. The van der Waals surface area contributed by atoms with Gasteiger partial charge in [-0.25, -0.2) is 9.97 Å². The van der Waals surface area contributed by atoms with Crippen LogP contribution in [0.1, 0.15) is 36.9 Å². The normalized spacial score (nSPS) is 20.3. The highest BCUT2D eigenvalue weighted by molar-refractivity contribution is 7.13. The number of pyridine rings is 1. The van der Waals surface area contributed by atoms with E-state index in [0.717, 1.165) is 12.1 Å². The fourth-order valence-electron chi connectivity index (χ4n) is 4.06. The summed E-state index contributed by atoms with van der Waals surface area (Å²) in [5.74, 6) is -0.176. The Kier molecular flexibility index (Phi) is 8.04. The highest BCUT2D eigenvalue weighted by Crippen LogP contribution is 2.41. The number of carboxylic acid groups (broad SMARTS) is 1. The number of anilines is 2. The number of aromatic nitrogens is 2. The molecule has 1 aliphatic rings. The van der Waals surface area contributed by atoms with E-state index in [0.29, 0.717) is 42.3 Å². The van der Waals surface area contributed by atoms with Gasteiger partial charge < -0.3 is 15.2 Å². The lowest BCUT2D eigenvalue weighted by Crippen LogP contribution is -2.40. The summed E-state index contributed by atoms with van der Waals surface area (Å²) in [5.41, 5.74) is -1.12. The van der Waals surface area contributed by atoms with Crippen molar-refractivity contribution in [2.24, 2.45) is 5.41 Å². The fraction of sp³-hybridized carbons (Fsp3) is 0.348. The molecule has 11 heteroatoms. The van der Waals surface area contributed by atoms with Gasteiger partial charge in [-0.2, -0.15) is 13.2 Å². The summed E-state index contributed by atoms with van der Waals surface area (Å²) in [6, 6.07) is 10.2. The van der Waals surface area contributed by atoms with Gasteiger partial charge in [0.1, 0.15) is 11.6 Å². The van der Waals surface area contributed by atoms with Gasteiger partial charge in [0, 0.05) is 23.7 Å². The van der Waals surface area contributed by atoms with Crippen LogP contribution < -0.4 is 10.1 Å². The number of rotatable bonds is 7. The average molecular weight is 514 g/mol. The van der Waals surface area contributed by atoms with E-state index >= 15 is 0 Å². The minimum atomic E-state index is -4.44. The number of carbonyl (C=O) groups is 1. The van der Waals surface area contributed by atoms with Crippen molar-refractivity contribution < 1.29 is 27.8 Å². The maximum atomic E-state index is 12.9. The first kappa shape index (κ1) is 25.8. The fourth-order valence-corrected chi connectivity index (χ4v) is 4.59. The first-order valence-electron chi connectivity index (χ1n) is 10.4. The number of halogens is 4. The average Bonchev–Trinajstić information content (AvgIpc) is 3.28. The zero-order valence-corrected chi connectivity index (χ0v) is 19.6. The van der Waals surface area contributed by atoms with Crippen LogP contribution in [0, 0.1) is 5.41 Å². The molecule has 1 fully saturated rings. The van der Waals surface area contributed by atoms with Gasteiger partial charge in [0.25, 0.3) is 0 Å². The molecule has 0 aliphatic heterocycles. The van der Waals surface area contributed by atoms with Crippen molar-refractivity contribution in [3.63, 3.8) is 0 Å². The topological polar surface area (TPSA) is 84.3 Å². The van der Waals surface area contributed by atoms with Crippen LogP contribution in [0.5, 0.6) is 5.75 Å². The van der Waals surface area contributed by atoms with Crippen LogP contribution in [0.25, 0.3) is 0 Å². The molecule has 1 aromatic carbocycles. The number of nitrogens with one attached hydrogen (secondary N) is 1. The number of benzene rings is 1. The smallest absolute Gasteiger partial charge is 0.416 e. The molecule has 4 rings (SSSR count). The second-order valence-corrected chi connectivity index (χ2v) is 8.98. The molecule has 2 heterocycles. The standard InChI is InChI=1S/C23H22F3N3O3S.ClH/c24-23(25,26)15-3-1-5-18(13-15)32-17-7-9-22(10-8-17,20(30)31)14-16-4-2-6-19(28-16)29-21-27-11-12-33-21;/h1-6,11-13,17H,7-10,14H2,(H,30,31)(H,27,28,29);1H/t17-,22-;. The van der Waals surface area contributed by atoms with Gasteiger partial charge in [0.2, 0.25) is 0 Å². The van der Waals surface area contributed by atoms with E-state index in [1.165, 1.54) is 23.5 Å². The van der Waals surface area contributed by atoms with Crippen molar-refractivity contribution in [1.29, 1.82) is 0 Å². The molecule has 3 aromatic rings. The van der Waals surface area contributed by atoms with E-state index in [2.05, 4.69) is 15.3 Å². The van der Waals surface area contributed by atoms with Crippen LogP contribution in [-0.4, -0.2) is 27.1 Å². The maximum Gasteiger partial charge on any atom is 0.416 e. The van der Waals surface area contributed by atoms with Crippen LogP contribution in [0.15, 0.2) is 54.0 Å². The summed E-state index contributed by atoms with van der Waals surface area (Å²) in [6.07, 6.45) is -1.30. The van der Waals surface area contributed by atoms with E-state index in [1.807, 2.05) is 11.4 Å². The molecule has 34 heavy (non-hydrogen) atoms. The summed E-state index contributed by atoms with van der Waals surface area (Å²) in [7, 11) is 0. The lowest BCUT2D eigenvalue weighted by atomic mass is 9.70. The predicted octanol–water partition coefficient (Wildman–Crippen LogP) is 6.36. The lowest BCUT2D eigenvalue weighted by molar-refractivity contribution is -0.152. The molecular formula is C23H23ClF3N3O3S. The zero-order valence-electron chi connectivity index (χ0n) is 17.9. The Morgan fingerprint density at radius 1 is 1.21 bits per heavy atom. The number of ether oxygens (including phenoxy) is 1. The van der Waals surface area contributed by atoms with Crippen LogP contribution in [0.2, 0.25) is 0 Å². The van der Waals surface area contributed by atoms with Gasteiger partial charge in [0.15, 0.2) is 5.13 Å². The van der Waals surface area contributed by atoms with Crippen LogP contribution >= 0.6 is 23.7 Å². The molecule has 0 amide bonds. The SMILES string of the molecule is Cl.O=C(O)[C@]1(Cc2cccc(Nc3nccs3)n2)CC[C@@H](Oc2cccc(C(F)(F)F)c2)CC1. The van der Waals surface area contributed by atoms with Gasteiger partial charge in [-0.3, -0.25) is 4.79 Å². The first-order valence-corrected chi connectivity index (χ1v) is 11.3. The Balaban J connectivity index is 0.00000324. The summed E-state index contributed by atoms with van der Waals surface area (Å²) in [6.45, 7) is 0. The van der Waals surface area contributed by atoms with E-state index in [9.17, 15) is 23.1 Å². The number of hydrogen-bond donors (Lipinski definition) is 2. The molecule has 0 spiro atoms. The molecule has 0 bridgehead atoms. The molecule has 0 saturated heterocycles. The maximum absolute atomic E-state index is 12.9. The van der Waals surface area contributed by atoms with Crippen molar-refractivity contribution in [3.05, 3.63) is 65.3 Å². The molecule has 2 N–H and O–H groups in total. The third kappa shape index (κ3) is 6.18. The molecule has 0 unspecified atom stereocenters. The molecule has 1 saturated carbocycles. The first-order chi connectivity index (χ1) is 15.7. The Morgan fingerprint density at radius 2 is 1.94 bits per heavy atom. The van der Waals surface area contributed by atoms with Crippen molar-refractivity contribution in [3.8, 4) is 5.75 Å². The van der Waals surface area contributed by atoms with Crippen LogP contribution in [0.3, 0.4) is 0 Å². The molecular weight excluding hydrogens is 491 g/mol. The Morgan fingerprint density at radius 3 is 2.59 bits per heavy atom. The highest BCUT2D eigenvalue weighted by Gasteiger charge is 2.43. The summed E-state index contributed by atoms with van der Waals surface area (Å²) in [4.78, 5) is 20.9. The molecule has 0 radical (unpaired) electrons. The van der Waals surface area contributed by atoms with E-state index < -0.39 is 23.1 Å². The Hall–Kier alpha value is -2.85. The van der Waals surface area contributed by atoms with Crippen LogP contribution in [0.4, 0.5) is 24.1 Å². The van der Waals surface area contributed by atoms with Gasteiger partial charge in [0.05, 0.1) is 17.1 Å². The van der Waals surface area contributed by atoms with Crippen molar-refractivity contribution in [2.45, 2.75) is 44.4 Å². The molecule has 1 aliphatic carbocycles. The van der Waals surface area contributed by atoms with Crippen molar-refractivity contribution >= 4 is 40.7 Å². The molecule has 2 aromatic heterocycles. The number of aliphatic carboxylic acids is 1. The van der Waals surface area contributed by atoms with Gasteiger partial charge in [-0.05, 0) is 56.0 Å². The minimum Gasteiger partial charge on any atom is -0.490 e. The second kappa shape index (κ2) is 10.6.